The summed E-state index contributed by atoms with van der Waals surface area (Å²) in [6.45, 7) is 4.62. The van der Waals surface area contributed by atoms with Crippen LogP contribution in [0.2, 0.25) is 5.02 Å². The lowest BCUT2D eigenvalue weighted by Crippen LogP contribution is -2.31. The Morgan fingerprint density at radius 3 is 3.00 bits per heavy atom. The number of pyridine rings is 1. The predicted octanol–water partition coefficient (Wildman–Crippen LogP) is 3.90. The molecule has 0 amide bonds. The van der Waals surface area contributed by atoms with Gasteiger partial charge < -0.3 is 8.82 Å². The topological polar surface area (TPSA) is 59.5 Å². The van der Waals surface area contributed by atoms with E-state index in [9.17, 15) is 0 Å². The zero-order valence-electron chi connectivity index (χ0n) is 14.9. The first kappa shape index (κ1) is 16.5. The number of hydrogen-bond donors (Lipinski definition) is 0. The molecule has 5 heterocycles. The highest BCUT2D eigenvalue weighted by Crippen LogP contribution is 2.24. The molecule has 0 saturated carbocycles. The van der Waals surface area contributed by atoms with Crippen molar-refractivity contribution >= 4 is 17.2 Å². The minimum Gasteiger partial charge on any atom is -0.461 e. The second kappa shape index (κ2) is 6.48. The highest BCUT2D eigenvalue weighted by molar-refractivity contribution is 6.30. The number of halogens is 1. The van der Waals surface area contributed by atoms with E-state index in [2.05, 4.69) is 19.3 Å². The lowest BCUT2D eigenvalue weighted by molar-refractivity contribution is 0.239. The number of aromatic nitrogens is 4. The molecule has 6 nitrogen and oxygen atoms in total. The van der Waals surface area contributed by atoms with Crippen LogP contribution in [-0.4, -0.2) is 30.8 Å². The van der Waals surface area contributed by atoms with Crippen LogP contribution in [0.4, 0.5) is 0 Å². The molecular formula is C20H18ClN5O. The molecule has 0 saturated heterocycles. The molecule has 1 aliphatic rings. The molecule has 7 heteroatoms. The number of nitrogens with zero attached hydrogens (tertiary/aromatic N) is 5. The van der Waals surface area contributed by atoms with Crippen LogP contribution in [0.15, 0.2) is 47.3 Å². The summed E-state index contributed by atoms with van der Waals surface area (Å²) >= 11 is 6.18. The van der Waals surface area contributed by atoms with Gasteiger partial charge in [0.1, 0.15) is 5.65 Å². The molecule has 0 aliphatic carbocycles. The van der Waals surface area contributed by atoms with E-state index in [4.69, 9.17) is 21.0 Å². The smallest absolute Gasteiger partial charge is 0.195 e. The van der Waals surface area contributed by atoms with Gasteiger partial charge in [0.05, 0.1) is 28.4 Å². The summed E-state index contributed by atoms with van der Waals surface area (Å²) in [7, 11) is 0. The Labute approximate surface area is 161 Å². The molecule has 4 aromatic heterocycles. The standard InChI is InChI=1S/C20H18ClN5O/c1-13-17(26-11-15(21)4-5-19(26)23-13)12-25-7-6-16-14(10-25)9-22-20(24-16)18-3-2-8-27-18/h2-5,8-9,11H,6-7,10,12H2,1H3. The van der Waals surface area contributed by atoms with Crippen molar-refractivity contribution in [3.63, 3.8) is 0 Å². The van der Waals surface area contributed by atoms with Gasteiger partial charge in [-0.2, -0.15) is 0 Å². The number of fused-ring (bicyclic) bond motifs is 2. The third kappa shape index (κ3) is 3.01. The average molecular weight is 380 g/mol. The summed E-state index contributed by atoms with van der Waals surface area (Å²) in [5.41, 5.74) is 5.40. The maximum absolute atomic E-state index is 6.18. The predicted molar refractivity (Wildman–Crippen MR) is 102 cm³/mol. The van der Waals surface area contributed by atoms with E-state index in [1.807, 2.05) is 43.6 Å². The second-order valence-electron chi connectivity index (χ2n) is 6.82. The first-order chi connectivity index (χ1) is 13.2. The monoisotopic (exact) mass is 379 g/mol. The Kier molecular flexibility index (Phi) is 3.95. The molecule has 27 heavy (non-hydrogen) atoms. The first-order valence-corrected chi connectivity index (χ1v) is 9.29. The summed E-state index contributed by atoms with van der Waals surface area (Å²) in [6.07, 6.45) is 6.39. The Hall–Kier alpha value is -2.70. The Morgan fingerprint density at radius 2 is 2.15 bits per heavy atom. The van der Waals surface area contributed by atoms with Gasteiger partial charge in [-0.25, -0.2) is 15.0 Å². The number of furan rings is 1. The summed E-state index contributed by atoms with van der Waals surface area (Å²) < 4.78 is 7.50. The van der Waals surface area contributed by atoms with Crippen LogP contribution >= 0.6 is 11.6 Å². The SMILES string of the molecule is Cc1nc2ccc(Cl)cn2c1CN1CCc2nc(-c3ccco3)ncc2C1. The van der Waals surface area contributed by atoms with Gasteiger partial charge in [0, 0.05) is 44.0 Å². The van der Waals surface area contributed by atoms with Crippen LogP contribution in [0.5, 0.6) is 0 Å². The third-order valence-electron chi connectivity index (χ3n) is 5.01. The maximum Gasteiger partial charge on any atom is 0.195 e. The summed E-state index contributed by atoms with van der Waals surface area (Å²) in [4.78, 5) is 16.2. The van der Waals surface area contributed by atoms with Gasteiger partial charge in [-0.05, 0) is 31.2 Å². The number of hydrogen-bond acceptors (Lipinski definition) is 5. The largest absolute Gasteiger partial charge is 0.461 e. The van der Waals surface area contributed by atoms with E-state index in [0.717, 1.165) is 43.1 Å². The molecular weight excluding hydrogens is 362 g/mol. The Balaban J connectivity index is 1.40. The van der Waals surface area contributed by atoms with Gasteiger partial charge >= 0.3 is 0 Å². The molecule has 0 spiro atoms. The van der Waals surface area contributed by atoms with Crippen molar-refractivity contribution in [2.75, 3.05) is 6.54 Å². The minimum atomic E-state index is 0.652. The zero-order valence-corrected chi connectivity index (χ0v) is 15.6. The normalized spacial score (nSPS) is 14.6. The van der Waals surface area contributed by atoms with Crippen LogP contribution < -0.4 is 0 Å². The molecule has 5 rings (SSSR count). The van der Waals surface area contributed by atoms with Crippen LogP contribution in [0.25, 0.3) is 17.2 Å². The lowest BCUT2D eigenvalue weighted by Gasteiger charge is -2.28. The third-order valence-corrected chi connectivity index (χ3v) is 5.23. The molecule has 0 unspecified atom stereocenters. The number of rotatable bonds is 3. The molecule has 0 radical (unpaired) electrons. The molecule has 0 fully saturated rings. The van der Waals surface area contributed by atoms with E-state index in [1.165, 1.54) is 11.3 Å². The molecule has 0 N–H and O–H groups in total. The summed E-state index contributed by atoms with van der Waals surface area (Å²) in [6, 6.07) is 7.56. The van der Waals surface area contributed by atoms with Crippen LogP contribution in [0, 0.1) is 6.92 Å². The zero-order chi connectivity index (χ0) is 18.4. The van der Waals surface area contributed by atoms with Crippen molar-refractivity contribution in [3.05, 3.63) is 70.6 Å². The van der Waals surface area contributed by atoms with E-state index in [0.29, 0.717) is 16.6 Å². The van der Waals surface area contributed by atoms with Crippen molar-refractivity contribution in [1.29, 1.82) is 0 Å². The van der Waals surface area contributed by atoms with Gasteiger partial charge in [-0.15, -0.1) is 0 Å². The van der Waals surface area contributed by atoms with Gasteiger partial charge in [0.2, 0.25) is 0 Å². The van der Waals surface area contributed by atoms with Gasteiger partial charge in [-0.3, -0.25) is 4.90 Å². The summed E-state index contributed by atoms with van der Waals surface area (Å²) in [5, 5.41) is 0.712. The summed E-state index contributed by atoms with van der Waals surface area (Å²) in [5.74, 6) is 1.36. The van der Waals surface area contributed by atoms with Crippen molar-refractivity contribution < 1.29 is 4.42 Å². The molecule has 0 aromatic carbocycles. The van der Waals surface area contributed by atoms with Crippen LogP contribution in [-0.2, 0) is 19.5 Å². The fourth-order valence-electron chi connectivity index (χ4n) is 3.62. The van der Waals surface area contributed by atoms with Gasteiger partial charge in [0.15, 0.2) is 11.6 Å². The minimum absolute atomic E-state index is 0.652. The van der Waals surface area contributed by atoms with Crippen molar-refractivity contribution in [2.24, 2.45) is 0 Å². The van der Waals surface area contributed by atoms with Crippen molar-refractivity contribution in [3.8, 4) is 11.6 Å². The number of aryl methyl sites for hydroxylation is 1. The van der Waals surface area contributed by atoms with Gasteiger partial charge in [-0.1, -0.05) is 11.6 Å². The average Bonchev–Trinajstić information content (AvgIpc) is 3.31. The number of imidazole rings is 1. The molecule has 136 valence electrons. The van der Waals surface area contributed by atoms with Crippen LogP contribution in [0.1, 0.15) is 22.6 Å². The van der Waals surface area contributed by atoms with E-state index in [-0.39, 0.29) is 0 Å². The van der Waals surface area contributed by atoms with Gasteiger partial charge in [0.25, 0.3) is 0 Å². The molecule has 1 aliphatic heterocycles. The van der Waals surface area contributed by atoms with Crippen LogP contribution in [0.3, 0.4) is 0 Å². The first-order valence-electron chi connectivity index (χ1n) is 8.91. The molecule has 4 aromatic rings. The maximum atomic E-state index is 6.18. The highest BCUT2D eigenvalue weighted by Gasteiger charge is 2.21. The van der Waals surface area contributed by atoms with E-state index >= 15 is 0 Å². The highest BCUT2D eigenvalue weighted by atomic mass is 35.5. The fourth-order valence-corrected chi connectivity index (χ4v) is 3.78. The fraction of sp³-hybridized carbons (Fsp3) is 0.250. The Bertz CT molecular complexity index is 1120. The Morgan fingerprint density at radius 1 is 1.22 bits per heavy atom. The van der Waals surface area contributed by atoms with Crippen molar-refractivity contribution in [1.82, 2.24) is 24.3 Å². The van der Waals surface area contributed by atoms with E-state index in [1.54, 1.807) is 6.26 Å². The lowest BCUT2D eigenvalue weighted by atomic mass is 10.1. The van der Waals surface area contributed by atoms with E-state index < -0.39 is 0 Å². The molecule has 0 atom stereocenters. The quantitative estimate of drug-likeness (QED) is 0.540. The molecule has 0 bridgehead atoms. The second-order valence-corrected chi connectivity index (χ2v) is 7.26. The van der Waals surface area contributed by atoms with Crippen molar-refractivity contribution in [2.45, 2.75) is 26.4 Å².